The molecule has 0 aliphatic carbocycles. The van der Waals surface area contributed by atoms with E-state index in [0.29, 0.717) is 36.8 Å². The highest BCUT2D eigenvalue weighted by Gasteiger charge is 2.24. The van der Waals surface area contributed by atoms with E-state index in [4.69, 9.17) is 14.2 Å². The number of benzene rings is 2. The summed E-state index contributed by atoms with van der Waals surface area (Å²) in [7, 11) is 2.00. The molecule has 9 nitrogen and oxygen atoms in total. The van der Waals surface area contributed by atoms with E-state index in [-0.39, 0.29) is 12.6 Å². The number of nitrogens with one attached hydrogen (secondary N) is 1. The monoisotopic (exact) mass is 487 g/mol. The number of aromatic nitrogens is 4. The standard InChI is InChI=1S/C27H29N5O4/c1-4-34-27(33)21-16-28-32(20-10-11-25-26(14-20)36-13-12-35-25)24(21)17-31(3)18(2)22-15-23(30-29-22)19-8-6-5-7-9-19/h5-11,14-16,18H,4,12-13,17H2,1-3H3,(H,29,30). The Kier molecular flexibility index (Phi) is 6.73. The maximum absolute atomic E-state index is 12.8. The number of hydrogen-bond acceptors (Lipinski definition) is 7. The fraction of sp³-hybridized carbons (Fsp3) is 0.296. The van der Waals surface area contributed by atoms with Crippen LogP contribution in [0.4, 0.5) is 0 Å². The van der Waals surface area contributed by atoms with Crippen LogP contribution in [0.2, 0.25) is 0 Å². The summed E-state index contributed by atoms with van der Waals surface area (Å²) in [5.41, 5.74) is 4.84. The van der Waals surface area contributed by atoms with E-state index in [9.17, 15) is 4.79 Å². The molecule has 1 unspecified atom stereocenters. The van der Waals surface area contributed by atoms with Crippen LogP contribution in [0.1, 0.15) is 41.6 Å². The largest absolute Gasteiger partial charge is 0.486 e. The Labute approximate surface area is 209 Å². The van der Waals surface area contributed by atoms with Crippen LogP contribution in [0.3, 0.4) is 0 Å². The normalized spacial score (nSPS) is 13.6. The van der Waals surface area contributed by atoms with Crippen molar-refractivity contribution in [1.29, 1.82) is 0 Å². The zero-order chi connectivity index (χ0) is 25.1. The van der Waals surface area contributed by atoms with Crippen LogP contribution in [0, 0.1) is 0 Å². The van der Waals surface area contributed by atoms with Crippen molar-refractivity contribution < 1.29 is 19.0 Å². The third-order valence-corrected chi connectivity index (χ3v) is 6.31. The summed E-state index contributed by atoms with van der Waals surface area (Å²) >= 11 is 0. The molecule has 3 heterocycles. The lowest BCUT2D eigenvalue weighted by Crippen LogP contribution is -2.25. The van der Waals surface area contributed by atoms with Crippen molar-refractivity contribution in [3.8, 4) is 28.4 Å². The molecular formula is C27H29N5O4. The first-order valence-corrected chi connectivity index (χ1v) is 12.0. The number of esters is 1. The third kappa shape index (κ3) is 4.70. The second kappa shape index (κ2) is 10.2. The minimum atomic E-state index is -0.398. The molecule has 1 aliphatic rings. The minimum Gasteiger partial charge on any atom is -0.486 e. The van der Waals surface area contributed by atoms with Gasteiger partial charge in [-0.1, -0.05) is 30.3 Å². The summed E-state index contributed by atoms with van der Waals surface area (Å²) in [4.78, 5) is 14.9. The van der Waals surface area contributed by atoms with Crippen LogP contribution < -0.4 is 9.47 Å². The predicted molar refractivity (Wildman–Crippen MR) is 134 cm³/mol. The van der Waals surface area contributed by atoms with Crippen LogP contribution in [0.5, 0.6) is 11.5 Å². The fourth-order valence-electron chi connectivity index (χ4n) is 4.21. The molecule has 1 atom stereocenters. The average Bonchev–Trinajstić information content (AvgIpc) is 3.57. The van der Waals surface area contributed by atoms with E-state index < -0.39 is 5.97 Å². The molecule has 0 amide bonds. The van der Waals surface area contributed by atoms with Gasteiger partial charge in [-0.25, -0.2) is 9.48 Å². The predicted octanol–water partition coefficient (Wildman–Crippen LogP) is 4.40. The van der Waals surface area contributed by atoms with E-state index in [1.807, 2.05) is 55.6 Å². The number of hydrogen-bond donors (Lipinski definition) is 1. The number of carbonyl (C=O) groups excluding carboxylic acids is 1. The van der Waals surface area contributed by atoms with Crippen molar-refractivity contribution >= 4 is 5.97 Å². The number of H-pyrrole nitrogens is 1. The van der Waals surface area contributed by atoms with Crippen LogP contribution in [0.25, 0.3) is 16.9 Å². The van der Waals surface area contributed by atoms with Crippen LogP contribution in [0.15, 0.2) is 60.8 Å². The Morgan fingerprint density at radius 2 is 1.92 bits per heavy atom. The lowest BCUT2D eigenvalue weighted by molar-refractivity contribution is 0.0523. The molecule has 4 aromatic rings. The molecular weight excluding hydrogens is 458 g/mol. The van der Waals surface area contributed by atoms with Gasteiger partial charge in [-0.05, 0) is 39.1 Å². The van der Waals surface area contributed by atoms with Crippen molar-refractivity contribution in [2.75, 3.05) is 26.9 Å². The molecule has 5 rings (SSSR count). The molecule has 1 N–H and O–H groups in total. The maximum Gasteiger partial charge on any atom is 0.341 e. The Balaban J connectivity index is 1.44. The van der Waals surface area contributed by atoms with Gasteiger partial charge in [0, 0.05) is 24.2 Å². The maximum atomic E-state index is 12.8. The smallest absolute Gasteiger partial charge is 0.341 e. The second-order valence-corrected chi connectivity index (χ2v) is 8.63. The van der Waals surface area contributed by atoms with E-state index >= 15 is 0 Å². The van der Waals surface area contributed by atoms with E-state index in [1.54, 1.807) is 17.8 Å². The molecule has 0 radical (unpaired) electrons. The third-order valence-electron chi connectivity index (χ3n) is 6.31. The number of carbonyl (C=O) groups is 1. The van der Waals surface area contributed by atoms with Crippen molar-refractivity contribution in [2.45, 2.75) is 26.4 Å². The Morgan fingerprint density at radius 3 is 2.69 bits per heavy atom. The van der Waals surface area contributed by atoms with Gasteiger partial charge in [0.05, 0.1) is 35.6 Å². The first-order valence-electron chi connectivity index (χ1n) is 12.0. The van der Waals surface area contributed by atoms with Gasteiger partial charge in [0.25, 0.3) is 0 Å². The number of rotatable bonds is 8. The Hall–Kier alpha value is -4.11. The van der Waals surface area contributed by atoms with Gasteiger partial charge in [0.1, 0.15) is 18.8 Å². The zero-order valence-corrected chi connectivity index (χ0v) is 20.6. The summed E-state index contributed by atoms with van der Waals surface area (Å²) < 4.78 is 18.5. The minimum absolute atomic E-state index is 0.00590. The summed E-state index contributed by atoms with van der Waals surface area (Å²) in [5, 5.41) is 12.2. The zero-order valence-electron chi connectivity index (χ0n) is 20.6. The molecule has 186 valence electrons. The van der Waals surface area contributed by atoms with Crippen LogP contribution in [-0.2, 0) is 11.3 Å². The number of aromatic amines is 1. The summed E-state index contributed by atoms with van der Waals surface area (Å²) in [6, 6.07) is 17.7. The molecule has 0 saturated carbocycles. The molecule has 2 aromatic heterocycles. The first kappa shape index (κ1) is 23.6. The Bertz CT molecular complexity index is 1350. The highest BCUT2D eigenvalue weighted by Crippen LogP contribution is 2.33. The molecule has 0 saturated heterocycles. The topological polar surface area (TPSA) is 94.5 Å². The molecule has 2 aromatic carbocycles. The SMILES string of the molecule is CCOC(=O)c1cnn(-c2ccc3c(c2)OCCO3)c1CN(C)C(C)c1cc(-c2ccccc2)n[nH]1. The van der Waals surface area contributed by atoms with Gasteiger partial charge in [-0.3, -0.25) is 10.00 Å². The van der Waals surface area contributed by atoms with Crippen molar-refractivity contribution in [3.05, 3.63) is 77.7 Å². The van der Waals surface area contributed by atoms with Gasteiger partial charge >= 0.3 is 5.97 Å². The summed E-state index contributed by atoms with van der Waals surface area (Å²) in [6.45, 7) is 5.64. The number of ether oxygens (including phenoxy) is 3. The molecule has 9 heteroatoms. The highest BCUT2D eigenvalue weighted by atomic mass is 16.6. The van der Waals surface area contributed by atoms with Crippen molar-refractivity contribution in [3.63, 3.8) is 0 Å². The molecule has 0 bridgehead atoms. The summed E-state index contributed by atoms with van der Waals surface area (Å²) in [6.07, 6.45) is 1.56. The van der Waals surface area contributed by atoms with Crippen LogP contribution >= 0.6 is 0 Å². The molecule has 0 fully saturated rings. The average molecular weight is 488 g/mol. The molecule has 36 heavy (non-hydrogen) atoms. The van der Waals surface area contributed by atoms with E-state index in [1.165, 1.54) is 0 Å². The van der Waals surface area contributed by atoms with Gasteiger partial charge in [0.2, 0.25) is 0 Å². The number of nitrogens with zero attached hydrogens (tertiary/aromatic N) is 4. The lowest BCUT2D eigenvalue weighted by Gasteiger charge is -2.25. The van der Waals surface area contributed by atoms with E-state index in [0.717, 1.165) is 28.3 Å². The van der Waals surface area contributed by atoms with Crippen molar-refractivity contribution in [1.82, 2.24) is 24.9 Å². The fourth-order valence-corrected chi connectivity index (χ4v) is 4.21. The van der Waals surface area contributed by atoms with Gasteiger partial charge < -0.3 is 14.2 Å². The number of fused-ring (bicyclic) bond motifs is 1. The summed E-state index contributed by atoms with van der Waals surface area (Å²) in [5.74, 6) is 0.958. The van der Waals surface area contributed by atoms with Crippen LogP contribution in [-0.4, -0.2) is 57.7 Å². The van der Waals surface area contributed by atoms with Gasteiger partial charge in [0.15, 0.2) is 11.5 Å². The lowest BCUT2D eigenvalue weighted by atomic mass is 10.1. The molecule has 1 aliphatic heterocycles. The van der Waals surface area contributed by atoms with Gasteiger partial charge in [-0.15, -0.1) is 0 Å². The van der Waals surface area contributed by atoms with Crippen molar-refractivity contribution in [2.24, 2.45) is 0 Å². The second-order valence-electron chi connectivity index (χ2n) is 8.63. The highest BCUT2D eigenvalue weighted by molar-refractivity contribution is 5.90. The van der Waals surface area contributed by atoms with Gasteiger partial charge in [-0.2, -0.15) is 10.2 Å². The van der Waals surface area contributed by atoms with E-state index in [2.05, 4.69) is 33.2 Å². The molecule has 0 spiro atoms. The first-order chi connectivity index (χ1) is 17.5. The Morgan fingerprint density at radius 1 is 1.14 bits per heavy atom. The quantitative estimate of drug-likeness (QED) is 0.368.